The van der Waals surface area contributed by atoms with Gasteiger partial charge < -0.3 is 14.4 Å². The van der Waals surface area contributed by atoms with Crippen LogP contribution < -0.4 is 9.47 Å². The third-order valence-corrected chi connectivity index (χ3v) is 4.87. The number of benzene rings is 1. The van der Waals surface area contributed by atoms with Gasteiger partial charge in [-0.25, -0.2) is 0 Å². The molecular formula is C19H25N3O3. The van der Waals surface area contributed by atoms with Crippen molar-refractivity contribution < 1.29 is 14.3 Å². The molecule has 0 radical (unpaired) electrons. The van der Waals surface area contributed by atoms with E-state index < -0.39 is 0 Å². The number of carbonyl (C=O) groups is 1. The van der Waals surface area contributed by atoms with Crippen molar-refractivity contribution >= 4 is 5.91 Å². The number of ether oxygens (including phenoxy) is 2. The van der Waals surface area contributed by atoms with Crippen LogP contribution in [0.15, 0.2) is 18.2 Å². The molecule has 1 aromatic carbocycles. The Morgan fingerprint density at radius 2 is 2.04 bits per heavy atom. The molecular weight excluding hydrogens is 318 g/mol. The largest absolute Gasteiger partial charge is 0.454 e. The maximum Gasteiger partial charge on any atom is 0.231 e. The van der Waals surface area contributed by atoms with E-state index in [-0.39, 0.29) is 18.6 Å². The predicted molar refractivity (Wildman–Crippen MR) is 94.8 cm³/mol. The van der Waals surface area contributed by atoms with Gasteiger partial charge in [0, 0.05) is 31.4 Å². The molecule has 2 heterocycles. The Morgan fingerprint density at radius 1 is 1.32 bits per heavy atom. The second-order valence-electron chi connectivity index (χ2n) is 6.47. The molecule has 6 heteroatoms. The number of hydrogen-bond acceptors (Lipinski definition) is 4. The zero-order chi connectivity index (χ0) is 18.1. The molecule has 0 N–H and O–H groups in total. The fraction of sp³-hybridized carbons (Fsp3) is 0.474. The molecule has 134 valence electrons. The lowest BCUT2D eigenvalue weighted by atomic mass is 9.97. The van der Waals surface area contributed by atoms with E-state index in [2.05, 4.69) is 5.10 Å². The van der Waals surface area contributed by atoms with Gasteiger partial charge in [-0.2, -0.15) is 5.10 Å². The summed E-state index contributed by atoms with van der Waals surface area (Å²) in [4.78, 5) is 14.9. The van der Waals surface area contributed by atoms with Crippen LogP contribution in [0, 0.1) is 13.8 Å². The minimum Gasteiger partial charge on any atom is -0.454 e. The van der Waals surface area contributed by atoms with Crippen molar-refractivity contribution in [2.45, 2.75) is 40.2 Å². The highest BCUT2D eigenvalue weighted by molar-refractivity contribution is 5.84. The van der Waals surface area contributed by atoms with E-state index in [4.69, 9.17) is 9.47 Å². The fourth-order valence-electron chi connectivity index (χ4n) is 3.42. The summed E-state index contributed by atoms with van der Waals surface area (Å²) in [6, 6.07) is 5.83. The number of fused-ring (bicyclic) bond motifs is 1. The van der Waals surface area contributed by atoms with Gasteiger partial charge >= 0.3 is 0 Å². The number of rotatable bonds is 5. The fourth-order valence-corrected chi connectivity index (χ4v) is 3.42. The third kappa shape index (κ3) is 3.21. The van der Waals surface area contributed by atoms with Crippen LogP contribution in [-0.4, -0.2) is 33.9 Å². The number of carbonyl (C=O) groups excluding carboxylic acids is 1. The molecule has 3 rings (SSSR count). The molecule has 0 saturated carbocycles. The molecule has 0 bridgehead atoms. The molecule has 1 unspecified atom stereocenters. The molecule has 1 atom stereocenters. The van der Waals surface area contributed by atoms with Gasteiger partial charge in [0.25, 0.3) is 0 Å². The SMILES string of the molecule is CCN(Cc1ccc2c(c1)OCO2)C(=O)C(C)c1c(C)nn(C)c1C. The number of hydrogen-bond donors (Lipinski definition) is 0. The quantitative estimate of drug-likeness (QED) is 0.838. The minimum atomic E-state index is -0.220. The minimum absolute atomic E-state index is 0.111. The zero-order valence-electron chi connectivity index (χ0n) is 15.5. The average Bonchev–Trinajstić information content (AvgIpc) is 3.15. The van der Waals surface area contributed by atoms with Gasteiger partial charge in [0.05, 0.1) is 11.6 Å². The molecule has 0 saturated heterocycles. The van der Waals surface area contributed by atoms with Gasteiger partial charge in [-0.15, -0.1) is 0 Å². The molecule has 1 amide bonds. The molecule has 1 aliphatic rings. The van der Waals surface area contributed by atoms with Crippen molar-refractivity contribution in [1.29, 1.82) is 0 Å². The summed E-state index contributed by atoms with van der Waals surface area (Å²) in [5.74, 6) is 1.39. The van der Waals surface area contributed by atoms with Crippen LogP contribution in [0.4, 0.5) is 0 Å². The molecule has 0 aliphatic carbocycles. The molecule has 1 aromatic heterocycles. The first kappa shape index (κ1) is 17.3. The lowest BCUT2D eigenvalue weighted by Crippen LogP contribution is -2.34. The Labute approximate surface area is 148 Å². The monoisotopic (exact) mass is 343 g/mol. The van der Waals surface area contributed by atoms with Gasteiger partial charge in [0.2, 0.25) is 12.7 Å². The Bertz CT molecular complexity index is 797. The Balaban J connectivity index is 1.79. The van der Waals surface area contributed by atoms with Crippen molar-refractivity contribution in [2.75, 3.05) is 13.3 Å². The van der Waals surface area contributed by atoms with Crippen LogP contribution in [0.2, 0.25) is 0 Å². The van der Waals surface area contributed by atoms with Gasteiger partial charge in [-0.05, 0) is 45.4 Å². The van der Waals surface area contributed by atoms with Gasteiger partial charge in [-0.1, -0.05) is 6.07 Å². The molecule has 1 aliphatic heterocycles. The van der Waals surface area contributed by atoms with E-state index >= 15 is 0 Å². The van der Waals surface area contributed by atoms with Gasteiger partial charge in [0.1, 0.15) is 0 Å². The van der Waals surface area contributed by atoms with Crippen molar-refractivity contribution in [2.24, 2.45) is 7.05 Å². The first-order valence-corrected chi connectivity index (χ1v) is 8.59. The van der Waals surface area contributed by atoms with Crippen LogP contribution in [-0.2, 0) is 18.4 Å². The van der Waals surface area contributed by atoms with Crippen LogP contribution in [0.5, 0.6) is 11.5 Å². The first-order valence-electron chi connectivity index (χ1n) is 8.59. The van der Waals surface area contributed by atoms with Crippen LogP contribution in [0.3, 0.4) is 0 Å². The molecule has 0 fully saturated rings. The van der Waals surface area contributed by atoms with E-state index in [0.717, 1.165) is 34.0 Å². The Kier molecular flexibility index (Phi) is 4.70. The summed E-state index contributed by atoms with van der Waals surface area (Å²) in [6.45, 7) is 9.38. The summed E-state index contributed by atoms with van der Waals surface area (Å²) < 4.78 is 12.6. The topological polar surface area (TPSA) is 56.6 Å². The number of aromatic nitrogens is 2. The number of nitrogens with zero attached hydrogens (tertiary/aromatic N) is 3. The first-order chi connectivity index (χ1) is 11.9. The lowest BCUT2D eigenvalue weighted by molar-refractivity contribution is -0.132. The summed E-state index contributed by atoms with van der Waals surface area (Å²) in [6.07, 6.45) is 0. The highest BCUT2D eigenvalue weighted by atomic mass is 16.7. The molecule has 6 nitrogen and oxygen atoms in total. The van der Waals surface area contributed by atoms with Crippen LogP contribution in [0.25, 0.3) is 0 Å². The van der Waals surface area contributed by atoms with Crippen LogP contribution >= 0.6 is 0 Å². The summed E-state index contributed by atoms with van der Waals surface area (Å²) >= 11 is 0. The molecule has 0 spiro atoms. The Morgan fingerprint density at radius 3 is 2.68 bits per heavy atom. The second-order valence-corrected chi connectivity index (χ2v) is 6.47. The van der Waals surface area contributed by atoms with Crippen molar-refractivity contribution in [3.8, 4) is 11.5 Å². The standard InChI is InChI=1S/C19H25N3O3/c1-6-22(10-15-7-8-16-17(9-15)25-11-24-16)19(23)12(2)18-13(3)20-21(5)14(18)4/h7-9,12H,6,10-11H2,1-5H3. The van der Waals surface area contributed by atoms with Crippen molar-refractivity contribution in [3.63, 3.8) is 0 Å². The van der Waals surface area contributed by atoms with Crippen molar-refractivity contribution in [3.05, 3.63) is 40.7 Å². The average molecular weight is 343 g/mol. The number of likely N-dealkylation sites (N-methyl/N-ethyl adjacent to an activating group) is 1. The Hall–Kier alpha value is -2.50. The number of amides is 1. The summed E-state index contributed by atoms with van der Waals surface area (Å²) in [5, 5.41) is 4.44. The van der Waals surface area contributed by atoms with E-state index in [1.807, 2.05) is 62.5 Å². The van der Waals surface area contributed by atoms with Gasteiger partial charge in [0.15, 0.2) is 11.5 Å². The van der Waals surface area contributed by atoms with Crippen LogP contribution in [0.1, 0.15) is 42.3 Å². The lowest BCUT2D eigenvalue weighted by Gasteiger charge is -2.25. The third-order valence-electron chi connectivity index (χ3n) is 4.87. The second kappa shape index (κ2) is 6.78. The van der Waals surface area contributed by atoms with Gasteiger partial charge in [-0.3, -0.25) is 9.48 Å². The predicted octanol–water partition coefficient (Wildman–Crippen LogP) is 2.92. The van der Waals surface area contributed by atoms with E-state index in [1.165, 1.54) is 0 Å². The normalized spacial score (nSPS) is 13.8. The van der Waals surface area contributed by atoms with E-state index in [1.54, 1.807) is 0 Å². The van der Waals surface area contributed by atoms with E-state index in [0.29, 0.717) is 13.1 Å². The summed E-state index contributed by atoms with van der Waals surface area (Å²) in [7, 11) is 1.91. The number of aryl methyl sites for hydroxylation is 2. The van der Waals surface area contributed by atoms with E-state index in [9.17, 15) is 4.79 Å². The smallest absolute Gasteiger partial charge is 0.231 e. The summed E-state index contributed by atoms with van der Waals surface area (Å²) in [5.41, 5.74) is 4.01. The maximum atomic E-state index is 13.1. The highest BCUT2D eigenvalue weighted by Crippen LogP contribution is 2.33. The zero-order valence-corrected chi connectivity index (χ0v) is 15.5. The molecule has 2 aromatic rings. The highest BCUT2D eigenvalue weighted by Gasteiger charge is 2.26. The van der Waals surface area contributed by atoms with Crippen molar-refractivity contribution in [1.82, 2.24) is 14.7 Å². The maximum absolute atomic E-state index is 13.1. The molecule has 25 heavy (non-hydrogen) atoms.